The van der Waals surface area contributed by atoms with Crippen molar-refractivity contribution in [3.8, 4) is 5.75 Å². The first kappa shape index (κ1) is 13.9. The zero-order chi connectivity index (χ0) is 13.4. The molecular weight excluding hydrogens is 281 g/mol. The molecular formula is C8H2ClF7O. The van der Waals surface area contributed by atoms with Gasteiger partial charge < -0.3 is 4.74 Å². The van der Waals surface area contributed by atoms with Crippen LogP contribution in [-0.4, -0.2) is 6.36 Å². The summed E-state index contributed by atoms with van der Waals surface area (Å²) in [5, 5.41) is -0.724. The Balaban J connectivity index is 3.29. The fourth-order valence-corrected chi connectivity index (χ4v) is 1.18. The molecule has 0 saturated heterocycles. The molecule has 0 spiro atoms. The van der Waals surface area contributed by atoms with Crippen LogP contribution in [0, 0.1) is 5.82 Å². The summed E-state index contributed by atoms with van der Waals surface area (Å²) >= 11 is 5.14. The van der Waals surface area contributed by atoms with Crippen LogP contribution in [0.15, 0.2) is 12.1 Å². The fraction of sp³-hybridized carbons (Fsp3) is 0.250. The zero-order valence-electron chi connectivity index (χ0n) is 7.59. The van der Waals surface area contributed by atoms with E-state index in [0.29, 0.717) is 6.07 Å². The van der Waals surface area contributed by atoms with Crippen LogP contribution in [0.4, 0.5) is 30.7 Å². The number of benzene rings is 1. The molecule has 17 heavy (non-hydrogen) atoms. The topological polar surface area (TPSA) is 9.23 Å². The molecule has 0 unspecified atom stereocenters. The highest BCUT2D eigenvalue weighted by Gasteiger charge is 2.39. The maximum Gasteiger partial charge on any atom is 0.573 e. The Morgan fingerprint density at radius 3 is 1.94 bits per heavy atom. The SMILES string of the molecule is Fc1c(OC(F)(F)F)cc(Cl)cc1C(F)(F)F. The predicted octanol–water partition coefficient (Wildman–Crippen LogP) is 4.40. The molecule has 0 saturated carbocycles. The van der Waals surface area contributed by atoms with Crippen molar-refractivity contribution in [1.29, 1.82) is 0 Å². The van der Waals surface area contributed by atoms with Crippen LogP contribution >= 0.6 is 11.6 Å². The van der Waals surface area contributed by atoms with E-state index in [9.17, 15) is 30.7 Å². The second-order valence-corrected chi connectivity index (χ2v) is 3.25. The van der Waals surface area contributed by atoms with Crippen molar-refractivity contribution < 1.29 is 35.5 Å². The van der Waals surface area contributed by atoms with E-state index in [2.05, 4.69) is 4.74 Å². The van der Waals surface area contributed by atoms with Crippen molar-refractivity contribution in [3.05, 3.63) is 28.5 Å². The average molecular weight is 283 g/mol. The molecule has 0 heterocycles. The summed E-state index contributed by atoms with van der Waals surface area (Å²) in [6.45, 7) is 0. The fourth-order valence-electron chi connectivity index (χ4n) is 0.969. The Morgan fingerprint density at radius 1 is 1.00 bits per heavy atom. The first-order valence-electron chi connectivity index (χ1n) is 3.82. The van der Waals surface area contributed by atoms with Gasteiger partial charge in [-0.3, -0.25) is 0 Å². The molecule has 0 atom stereocenters. The highest BCUT2D eigenvalue weighted by molar-refractivity contribution is 6.30. The molecule has 1 aromatic carbocycles. The zero-order valence-corrected chi connectivity index (χ0v) is 8.34. The monoisotopic (exact) mass is 282 g/mol. The third-order valence-corrected chi connectivity index (χ3v) is 1.75. The van der Waals surface area contributed by atoms with Crippen LogP contribution in [0.5, 0.6) is 5.75 Å². The molecule has 0 fully saturated rings. The number of hydrogen-bond acceptors (Lipinski definition) is 1. The van der Waals surface area contributed by atoms with E-state index >= 15 is 0 Å². The first-order valence-corrected chi connectivity index (χ1v) is 4.20. The smallest absolute Gasteiger partial charge is 0.403 e. The molecule has 0 N–H and O–H groups in total. The highest BCUT2D eigenvalue weighted by atomic mass is 35.5. The number of rotatable bonds is 1. The van der Waals surface area contributed by atoms with Crippen molar-refractivity contribution in [2.24, 2.45) is 0 Å². The van der Waals surface area contributed by atoms with E-state index in [4.69, 9.17) is 11.6 Å². The Labute approximate surface area is 94.7 Å². The molecule has 0 radical (unpaired) electrons. The molecule has 9 heteroatoms. The van der Waals surface area contributed by atoms with Gasteiger partial charge in [-0.25, -0.2) is 4.39 Å². The Kier molecular flexibility index (Phi) is 3.47. The van der Waals surface area contributed by atoms with Crippen LogP contribution in [0.1, 0.15) is 5.56 Å². The summed E-state index contributed by atoms with van der Waals surface area (Å²) in [5.41, 5.74) is -1.93. The minimum absolute atomic E-state index is 0.167. The lowest BCUT2D eigenvalue weighted by Crippen LogP contribution is -2.19. The van der Waals surface area contributed by atoms with Crippen molar-refractivity contribution in [2.45, 2.75) is 12.5 Å². The summed E-state index contributed by atoms with van der Waals surface area (Å²) in [7, 11) is 0. The van der Waals surface area contributed by atoms with Crippen LogP contribution in [-0.2, 0) is 6.18 Å². The van der Waals surface area contributed by atoms with Crippen LogP contribution in [0.3, 0.4) is 0 Å². The maximum absolute atomic E-state index is 13.1. The van der Waals surface area contributed by atoms with Crippen molar-refractivity contribution >= 4 is 11.6 Å². The minimum atomic E-state index is -5.31. The Bertz CT molecular complexity index is 423. The molecule has 1 aromatic rings. The largest absolute Gasteiger partial charge is 0.573 e. The van der Waals surface area contributed by atoms with Crippen molar-refractivity contribution in [2.75, 3.05) is 0 Å². The lowest BCUT2D eigenvalue weighted by molar-refractivity contribution is -0.275. The van der Waals surface area contributed by atoms with E-state index in [0.717, 1.165) is 0 Å². The molecule has 0 aliphatic carbocycles. The third kappa shape index (κ3) is 3.65. The number of hydrogen-bond donors (Lipinski definition) is 0. The average Bonchev–Trinajstić information content (AvgIpc) is 2.06. The molecule has 96 valence electrons. The van der Waals surface area contributed by atoms with E-state index in [1.165, 1.54) is 0 Å². The van der Waals surface area contributed by atoms with Gasteiger partial charge in [-0.1, -0.05) is 11.6 Å². The van der Waals surface area contributed by atoms with Gasteiger partial charge in [0.1, 0.15) is 0 Å². The van der Waals surface area contributed by atoms with E-state index in [1.807, 2.05) is 0 Å². The van der Waals surface area contributed by atoms with Crippen LogP contribution in [0.25, 0.3) is 0 Å². The summed E-state index contributed by atoms with van der Waals surface area (Å²) in [6, 6.07) is 0.472. The second-order valence-electron chi connectivity index (χ2n) is 2.81. The normalized spacial score (nSPS) is 12.7. The van der Waals surface area contributed by atoms with Gasteiger partial charge in [0.2, 0.25) is 0 Å². The van der Waals surface area contributed by atoms with Gasteiger partial charge in [0.25, 0.3) is 0 Å². The van der Waals surface area contributed by atoms with Gasteiger partial charge >= 0.3 is 12.5 Å². The summed E-state index contributed by atoms with van der Waals surface area (Å²) in [6.07, 6.45) is -10.5. The minimum Gasteiger partial charge on any atom is -0.403 e. The first-order chi connectivity index (χ1) is 7.50. The summed E-state index contributed by atoms with van der Waals surface area (Å²) in [4.78, 5) is 0. The van der Waals surface area contributed by atoms with E-state index in [1.54, 1.807) is 0 Å². The van der Waals surface area contributed by atoms with Crippen LogP contribution < -0.4 is 4.74 Å². The molecule has 0 bridgehead atoms. The predicted molar refractivity (Wildman–Crippen MR) is 43.1 cm³/mol. The van der Waals surface area contributed by atoms with Crippen molar-refractivity contribution in [1.82, 2.24) is 0 Å². The molecule has 0 amide bonds. The van der Waals surface area contributed by atoms with Gasteiger partial charge in [0.15, 0.2) is 11.6 Å². The number of ether oxygens (including phenoxy) is 1. The molecule has 1 rings (SSSR count). The lowest BCUT2D eigenvalue weighted by Gasteiger charge is -2.14. The lowest BCUT2D eigenvalue weighted by atomic mass is 10.2. The quantitative estimate of drug-likeness (QED) is 0.694. The molecule has 0 aromatic heterocycles. The molecule has 0 aliphatic rings. The maximum atomic E-state index is 13.1. The molecule has 1 nitrogen and oxygen atoms in total. The Hall–Kier alpha value is -1.18. The number of halogens is 8. The van der Waals surface area contributed by atoms with Gasteiger partial charge in [-0.15, -0.1) is 13.2 Å². The van der Waals surface area contributed by atoms with Gasteiger partial charge in [-0.05, 0) is 6.07 Å². The van der Waals surface area contributed by atoms with Gasteiger partial charge in [0.05, 0.1) is 5.56 Å². The standard InChI is InChI=1S/C8H2ClF7O/c9-3-1-4(7(11,12)13)6(10)5(2-3)17-8(14,15)16/h1-2H. The second kappa shape index (κ2) is 4.25. The van der Waals surface area contributed by atoms with Crippen LogP contribution in [0.2, 0.25) is 5.02 Å². The Morgan fingerprint density at radius 2 is 1.53 bits per heavy atom. The summed E-state index contributed by atoms with van der Waals surface area (Å²) < 4.78 is 88.1. The van der Waals surface area contributed by atoms with E-state index in [-0.39, 0.29) is 6.07 Å². The van der Waals surface area contributed by atoms with Crippen molar-refractivity contribution in [3.63, 3.8) is 0 Å². The third-order valence-electron chi connectivity index (χ3n) is 1.54. The van der Waals surface area contributed by atoms with Gasteiger partial charge in [-0.2, -0.15) is 13.2 Å². The van der Waals surface area contributed by atoms with Gasteiger partial charge in [0, 0.05) is 11.1 Å². The number of alkyl halides is 6. The molecule has 0 aliphatic heterocycles. The highest BCUT2D eigenvalue weighted by Crippen LogP contribution is 2.38. The summed E-state index contributed by atoms with van der Waals surface area (Å²) in [5.74, 6) is -3.79. The van der Waals surface area contributed by atoms with E-state index < -0.39 is 34.7 Å².